The monoisotopic (exact) mass is 259 g/mol. The maximum absolute atomic E-state index is 5.97. The van der Waals surface area contributed by atoms with E-state index in [0.717, 1.165) is 5.75 Å². The molecule has 1 atom stereocenters. The SMILES string of the molecule is Cc1nc(CNC2c3ccccc3OC2(C)C)no1. The molecule has 0 saturated carbocycles. The molecule has 5 heteroatoms. The summed E-state index contributed by atoms with van der Waals surface area (Å²) in [6.45, 7) is 6.50. The summed E-state index contributed by atoms with van der Waals surface area (Å²) in [6.07, 6.45) is 0. The second-order valence-electron chi connectivity index (χ2n) is 5.29. The van der Waals surface area contributed by atoms with Crippen molar-refractivity contribution < 1.29 is 9.26 Å². The number of ether oxygens (including phenoxy) is 1. The molecule has 1 aliphatic rings. The van der Waals surface area contributed by atoms with Crippen molar-refractivity contribution in [1.29, 1.82) is 0 Å². The molecule has 0 bridgehead atoms. The number of hydrogen-bond acceptors (Lipinski definition) is 5. The maximum atomic E-state index is 5.97. The summed E-state index contributed by atoms with van der Waals surface area (Å²) >= 11 is 0. The molecule has 2 aromatic rings. The number of fused-ring (bicyclic) bond motifs is 1. The smallest absolute Gasteiger partial charge is 0.223 e. The van der Waals surface area contributed by atoms with E-state index in [2.05, 4.69) is 35.4 Å². The minimum absolute atomic E-state index is 0.113. The lowest BCUT2D eigenvalue weighted by atomic mass is 9.94. The van der Waals surface area contributed by atoms with Crippen molar-refractivity contribution in [2.75, 3.05) is 0 Å². The van der Waals surface area contributed by atoms with E-state index < -0.39 is 0 Å². The Morgan fingerprint density at radius 1 is 1.32 bits per heavy atom. The first-order valence-electron chi connectivity index (χ1n) is 6.37. The van der Waals surface area contributed by atoms with Gasteiger partial charge < -0.3 is 9.26 Å². The average molecular weight is 259 g/mol. The summed E-state index contributed by atoms with van der Waals surface area (Å²) in [4.78, 5) is 4.19. The largest absolute Gasteiger partial charge is 0.486 e. The van der Waals surface area contributed by atoms with Crippen LogP contribution in [0.2, 0.25) is 0 Å². The van der Waals surface area contributed by atoms with Crippen LogP contribution in [0.5, 0.6) is 5.75 Å². The Kier molecular flexibility index (Phi) is 2.78. The van der Waals surface area contributed by atoms with Crippen LogP contribution in [-0.2, 0) is 6.54 Å². The van der Waals surface area contributed by atoms with Gasteiger partial charge in [-0.2, -0.15) is 4.98 Å². The van der Waals surface area contributed by atoms with Gasteiger partial charge in [0.05, 0.1) is 12.6 Å². The van der Waals surface area contributed by atoms with E-state index >= 15 is 0 Å². The van der Waals surface area contributed by atoms with Gasteiger partial charge >= 0.3 is 0 Å². The van der Waals surface area contributed by atoms with Gasteiger partial charge in [0.2, 0.25) is 5.89 Å². The predicted octanol–water partition coefficient (Wildman–Crippen LogP) is 2.38. The van der Waals surface area contributed by atoms with Crippen molar-refractivity contribution >= 4 is 0 Å². The Labute approximate surface area is 112 Å². The zero-order chi connectivity index (χ0) is 13.5. The molecule has 0 saturated heterocycles. The lowest BCUT2D eigenvalue weighted by Gasteiger charge is -2.26. The molecule has 2 heterocycles. The molecule has 5 nitrogen and oxygen atoms in total. The van der Waals surface area contributed by atoms with Crippen LogP contribution in [-0.4, -0.2) is 15.7 Å². The molecule has 3 rings (SSSR count). The summed E-state index contributed by atoms with van der Waals surface area (Å²) in [5.74, 6) is 2.19. The Hall–Kier alpha value is -1.88. The number of aryl methyl sites for hydroxylation is 1. The minimum Gasteiger partial charge on any atom is -0.486 e. The molecule has 0 spiro atoms. The van der Waals surface area contributed by atoms with Gasteiger partial charge in [0.25, 0.3) is 0 Å². The number of hydrogen-bond donors (Lipinski definition) is 1. The fourth-order valence-electron chi connectivity index (χ4n) is 2.49. The van der Waals surface area contributed by atoms with Crippen LogP contribution in [0.15, 0.2) is 28.8 Å². The Balaban J connectivity index is 1.79. The fraction of sp³-hybridized carbons (Fsp3) is 0.429. The van der Waals surface area contributed by atoms with Crippen LogP contribution < -0.4 is 10.1 Å². The van der Waals surface area contributed by atoms with Crippen molar-refractivity contribution in [3.63, 3.8) is 0 Å². The molecule has 1 N–H and O–H groups in total. The lowest BCUT2D eigenvalue weighted by Crippen LogP contribution is -2.39. The van der Waals surface area contributed by atoms with Crippen LogP contribution in [0.25, 0.3) is 0 Å². The van der Waals surface area contributed by atoms with Crippen LogP contribution in [0, 0.1) is 6.92 Å². The van der Waals surface area contributed by atoms with Gasteiger partial charge in [-0.05, 0) is 19.9 Å². The summed E-state index contributed by atoms with van der Waals surface area (Å²) in [5.41, 5.74) is 0.885. The molecule has 19 heavy (non-hydrogen) atoms. The number of rotatable bonds is 3. The molecular formula is C14H17N3O2. The fourth-order valence-corrected chi connectivity index (χ4v) is 2.49. The van der Waals surface area contributed by atoms with Gasteiger partial charge in [-0.15, -0.1) is 0 Å². The Morgan fingerprint density at radius 3 is 2.84 bits per heavy atom. The van der Waals surface area contributed by atoms with E-state index in [4.69, 9.17) is 9.26 Å². The van der Waals surface area contributed by atoms with E-state index in [1.165, 1.54) is 5.56 Å². The van der Waals surface area contributed by atoms with Gasteiger partial charge in [0.1, 0.15) is 11.4 Å². The molecule has 100 valence electrons. The van der Waals surface area contributed by atoms with Gasteiger partial charge in [-0.3, -0.25) is 5.32 Å². The summed E-state index contributed by atoms with van der Waals surface area (Å²) in [7, 11) is 0. The first-order valence-corrected chi connectivity index (χ1v) is 6.37. The predicted molar refractivity (Wildman–Crippen MR) is 69.8 cm³/mol. The first-order chi connectivity index (χ1) is 9.06. The molecule has 0 fully saturated rings. The molecule has 1 aromatic carbocycles. The summed E-state index contributed by atoms with van der Waals surface area (Å²) in [5, 5.41) is 7.34. The lowest BCUT2D eigenvalue weighted by molar-refractivity contribution is 0.0954. The first kappa shape index (κ1) is 12.2. The number of aromatic nitrogens is 2. The number of nitrogens with one attached hydrogen (secondary N) is 1. The maximum Gasteiger partial charge on any atom is 0.223 e. The quantitative estimate of drug-likeness (QED) is 0.917. The number of para-hydroxylation sites is 1. The third-order valence-corrected chi connectivity index (χ3v) is 3.33. The van der Waals surface area contributed by atoms with Crippen LogP contribution in [0.4, 0.5) is 0 Å². The molecule has 0 amide bonds. The third kappa shape index (κ3) is 2.21. The molecular weight excluding hydrogens is 242 g/mol. The Bertz CT molecular complexity index is 592. The number of benzene rings is 1. The normalized spacial score (nSPS) is 20.1. The van der Waals surface area contributed by atoms with Gasteiger partial charge in [-0.1, -0.05) is 23.4 Å². The highest BCUT2D eigenvalue weighted by atomic mass is 16.5. The van der Waals surface area contributed by atoms with Gasteiger partial charge in [0.15, 0.2) is 5.82 Å². The molecule has 1 unspecified atom stereocenters. The highest BCUT2D eigenvalue weighted by Gasteiger charge is 2.40. The zero-order valence-corrected chi connectivity index (χ0v) is 11.3. The second kappa shape index (κ2) is 4.35. The zero-order valence-electron chi connectivity index (χ0n) is 11.3. The highest BCUT2D eigenvalue weighted by Crippen LogP contribution is 2.42. The van der Waals surface area contributed by atoms with E-state index in [9.17, 15) is 0 Å². The van der Waals surface area contributed by atoms with Gasteiger partial charge in [-0.25, -0.2) is 0 Å². The van der Waals surface area contributed by atoms with E-state index in [0.29, 0.717) is 18.3 Å². The average Bonchev–Trinajstić information content (AvgIpc) is 2.87. The van der Waals surface area contributed by atoms with Crippen LogP contribution in [0.1, 0.15) is 37.2 Å². The van der Waals surface area contributed by atoms with Crippen molar-refractivity contribution in [3.8, 4) is 5.75 Å². The van der Waals surface area contributed by atoms with E-state index in [1.54, 1.807) is 6.92 Å². The van der Waals surface area contributed by atoms with Crippen LogP contribution >= 0.6 is 0 Å². The van der Waals surface area contributed by atoms with Crippen molar-refractivity contribution in [3.05, 3.63) is 41.5 Å². The summed E-state index contributed by atoms with van der Waals surface area (Å²) in [6, 6.07) is 8.21. The van der Waals surface area contributed by atoms with E-state index in [-0.39, 0.29) is 11.6 Å². The van der Waals surface area contributed by atoms with Crippen LogP contribution in [0.3, 0.4) is 0 Å². The second-order valence-corrected chi connectivity index (χ2v) is 5.29. The summed E-state index contributed by atoms with van der Waals surface area (Å²) < 4.78 is 10.9. The van der Waals surface area contributed by atoms with Crippen molar-refractivity contribution in [1.82, 2.24) is 15.5 Å². The van der Waals surface area contributed by atoms with Crippen molar-refractivity contribution in [2.45, 2.75) is 39.0 Å². The van der Waals surface area contributed by atoms with E-state index in [1.807, 2.05) is 18.2 Å². The third-order valence-electron chi connectivity index (χ3n) is 3.33. The molecule has 1 aliphatic heterocycles. The minimum atomic E-state index is -0.289. The van der Waals surface area contributed by atoms with Gasteiger partial charge in [0, 0.05) is 12.5 Å². The topological polar surface area (TPSA) is 60.2 Å². The number of nitrogens with zero attached hydrogens (tertiary/aromatic N) is 2. The standard InChI is InChI=1S/C14H17N3O2/c1-9-16-12(17-19-9)8-15-13-10-6-4-5-7-11(10)18-14(13,2)3/h4-7,13,15H,8H2,1-3H3. The molecule has 1 aromatic heterocycles. The molecule has 0 radical (unpaired) electrons. The van der Waals surface area contributed by atoms with Crippen molar-refractivity contribution in [2.24, 2.45) is 0 Å². The highest BCUT2D eigenvalue weighted by molar-refractivity contribution is 5.42. The molecule has 0 aliphatic carbocycles. The Morgan fingerprint density at radius 2 is 2.11 bits per heavy atom.